The third-order valence-corrected chi connectivity index (χ3v) is 5.22. The van der Waals surface area contributed by atoms with Crippen molar-refractivity contribution in [2.45, 2.75) is 44.7 Å². The second-order valence-electron chi connectivity index (χ2n) is 6.45. The first-order valence-corrected chi connectivity index (χ1v) is 8.41. The molecule has 2 saturated heterocycles. The average Bonchev–Trinajstić information content (AvgIpc) is 2.99. The Bertz CT molecular complexity index is 445. The number of nitrogens with zero attached hydrogens (tertiary/aromatic N) is 2. The number of fused-ring (bicyclic) bond motifs is 1. The van der Waals surface area contributed by atoms with Crippen LogP contribution < -0.4 is 4.74 Å². The molecule has 1 aromatic carbocycles. The van der Waals surface area contributed by atoms with E-state index in [9.17, 15) is 0 Å². The van der Waals surface area contributed by atoms with Crippen LogP contribution in [0.1, 0.15) is 31.7 Å². The van der Waals surface area contributed by atoms with Crippen molar-refractivity contribution < 1.29 is 4.74 Å². The zero-order valence-corrected chi connectivity index (χ0v) is 13.4. The average molecular weight is 288 g/mol. The van der Waals surface area contributed by atoms with Crippen LogP contribution in [0.5, 0.6) is 5.75 Å². The monoisotopic (exact) mass is 288 g/mol. The lowest BCUT2D eigenvalue weighted by molar-refractivity contribution is 0.0501. The highest BCUT2D eigenvalue weighted by Gasteiger charge is 2.34. The van der Waals surface area contributed by atoms with Gasteiger partial charge in [0.1, 0.15) is 5.75 Å². The minimum absolute atomic E-state index is 0.748. The molecule has 2 atom stereocenters. The Balaban J connectivity index is 1.57. The maximum atomic E-state index is 5.23. The predicted molar refractivity (Wildman–Crippen MR) is 86.9 cm³/mol. The molecule has 0 spiro atoms. The standard InChI is InChI=1S/C18H28N2O/c1-3-16-13-19-11-4-5-17(19)14-20(16)12-10-15-6-8-18(21-2)9-7-15/h6-9,16-17H,3-5,10-14H2,1-2H3. The lowest BCUT2D eigenvalue weighted by Crippen LogP contribution is -2.56. The van der Waals surface area contributed by atoms with Gasteiger partial charge in [0.25, 0.3) is 0 Å². The van der Waals surface area contributed by atoms with Crippen molar-refractivity contribution in [1.82, 2.24) is 9.80 Å². The molecule has 21 heavy (non-hydrogen) atoms. The fraction of sp³-hybridized carbons (Fsp3) is 0.667. The molecule has 3 heteroatoms. The SMILES string of the molecule is CCC1CN2CCCC2CN1CCc1ccc(OC)cc1. The first-order valence-electron chi connectivity index (χ1n) is 8.41. The summed E-state index contributed by atoms with van der Waals surface area (Å²) in [7, 11) is 1.72. The summed E-state index contributed by atoms with van der Waals surface area (Å²) in [6, 6.07) is 10.1. The summed E-state index contributed by atoms with van der Waals surface area (Å²) in [6.45, 7) is 7.41. The number of piperazine rings is 1. The van der Waals surface area contributed by atoms with E-state index < -0.39 is 0 Å². The summed E-state index contributed by atoms with van der Waals surface area (Å²) in [4.78, 5) is 5.45. The van der Waals surface area contributed by atoms with Crippen LogP contribution in [-0.4, -0.2) is 55.2 Å². The van der Waals surface area contributed by atoms with Crippen LogP contribution in [0.4, 0.5) is 0 Å². The molecule has 0 aliphatic carbocycles. The van der Waals surface area contributed by atoms with E-state index in [1.54, 1.807) is 7.11 Å². The van der Waals surface area contributed by atoms with Gasteiger partial charge in [-0.25, -0.2) is 0 Å². The van der Waals surface area contributed by atoms with Gasteiger partial charge >= 0.3 is 0 Å². The van der Waals surface area contributed by atoms with Crippen molar-refractivity contribution in [2.24, 2.45) is 0 Å². The van der Waals surface area contributed by atoms with E-state index in [4.69, 9.17) is 4.74 Å². The maximum Gasteiger partial charge on any atom is 0.118 e. The van der Waals surface area contributed by atoms with Crippen molar-refractivity contribution in [3.63, 3.8) is 0 Å². The minimum atomic E-state index is 0.748. The van der Waals surface area contributed by atoms with Gasteiger partial charge in [0, 0.05) is 31.7 Å². The van der Waals surface area contributed by atoms with E-state index in [2.05, 4.69) is 41.0 Å². The highest BCUT2D eigenvalue weighted by Crippen LogP contribution is 2.26. The van der Waals surface area contributed by atoms with Gasteiger partial charge in [0.15, 0.2) is 0 Å². The van der Waals surface area contributed by atoms with Crippen LogP contribution in [0.25, 0.3) is 0 Å². The Labute approximate surface area is 128 Å². The summed E-state index contributed by atoms with van der Waals surface area (Å²) in [5.74, 6) is 0.949. The van der Waals surface area contributed by atoms with Crippen LogP contribution in [0.15, 0.2) is 24.3 Å². The van der Waals surface area contributed by atoms with E-state index in [1.807, 2.05) is 0 Å². The molecule has 2 fully saturated rings. The van der Waals surface area contributed by atoms with Crippen LogP contribution in [0, 0.1) is 0 Å². The molecule has 0 radical (unpaired) electrons. The zero-order valence-electron chi connectivity index (χ0n) is 13.4. The molecule has 116 valence electrons. The number of rotatable bonds is 5. The molecular formula is C18H28N2O. The fourth-order valence-corrected chi connectivity index (χ4v) is 3.87. The Hall–Kier alpha value is -1.06. The van der Waals surface area contributed by atoms with Gasteiger partial charge in [0.05, 0.1) is 7.11 Å². The molecule has 2 aliphatic rings. The van der Waals surface area contributed by atoms with Crippen LogP contribution in [-0.2, 0) is 6.42 Å². The smallest absolute Gasteiger partial charge is 0.118 e. The molecule has 3 rings (SSSR count). The van der Waals surface area contributed by atoms with E-state index >= 15 is 0 Å². The molecule has 0 saturated carbocycles. The predicted octanol–water partition coefficient (Wildman–Crippen LogP) is 2.80. The van der Waals surface area contributed by atoms with E-state index in [0.717, 1.165) is 24.3 Å². The van der Waals surface area contributed by atoms with Gasteiger partial charge < -0.3 is 4.74 Å². The quantitative estimate of drug-likeness (QED) is 0.828. The maximum absolute atomic E-state index is 5.23. The molecule has 1 aromatic rings. The fourth-order valence-electron chi connectivity index (χ4n) is 3.87. The normalized spacial score (nSPS) is 26.8. The Morgan fingerprint density at radius 2 is 2.00 bits per heavy atom. The molecule has 2 heterocycles. The van der Waals surface area contributed by atoms with Crippen LogP contribution in [0.2, 0.25) is 0 Å². The minimum Gasteiger partial charge on any atom is -0.497 e. The van der Waals surface area contributed by atoms with E-state index in [-0.39, 0.29) is 0 Å². The summed E-state index contributed by atoms with van der Waals surface area (Å²) in [5.41, 5.74) is 1.42. The number of hydrogen-bond donors (Lipinski definition) is 0. The first kappa shape index (κ1) is 14.9. The molecule has 0 aromatic heterocycles. The highest BCUT2D eigenvalue weighted by atomic mass is 16.5. The van der Waals surface area contributed by atoms with Crippen LogP contribution >= 0.6 is 0 Å². The number of benzene rings is 1. The lowest BCUT2D eigenvalue weighted by Gasteiger charge is -2.43. The van der Waals surface area contributed by atoms with Crippen molar-refractivity contribution in [3.05, 3.63) is 29.8 Å². The molecule has 3 nitrogen and oxygen atoms in total. The Kier molecular flexibility index (Phi) is 4.81. The Morgan fingerprint density at radius 3 is 2.71 bits per heavy atom. The van der Waals surface area contributed by atoms with Gasteiger partial charge in [0.2, 0.25) is 0 Å². The van der Waals surface area contributed by atoms with Gasteiger partial charge in [-0.2, -0.15) is 0 Å². The molecule has 0 N–H and O–H groups in total. The largest absolute Gasteiger partial charge is 0.497 e. The molecule has 2 aliphatic heterocycles. The Morgan fingerprint density at radius 1 is 1.19 bits per heavy atom. The molecular weight excluding hydrogens is 260 g/mol. The van der Waals surface area contributed by atoms with Crippen molar-refractivity contribution in [2.75, 3.05) is 33.3 Å². The van der Waals surface area contributed by atoms with Gasteiger partial charge in [-0.15, -0.1) is 0 Å². The van der Waals surface area contributed by atoms with Crippen molar-refractivity contribution in [3.8, 4) is 5.75 Å². The van der Waals surface area contributed by atoms with E-state index in [0.29, 0.717) is 0 Å². The molecule has 2 unspecified atom stereocenters. The zero-order chi connectivity index (χ0) is 14.7. The summed E-state index contributed by atoms with van der Waals surface area (Å²) in [5, 5.41) is 0. The summed E-state index contributed by atoms with van der Waals surface area (Å²) < 4.78 is 5.23. The third kappa shape index (κ3) is 3.41. The summed E-state index contributed by atoms with van der Waals surface area (Å²) in [6.07, 6.45) is 5.21. The van der Waals surface area contributed by atoms with Gasteiger partial charge in [-0.1, -0.05) is 19.1 Å². The van der Waals surface area contributed by atoms with E-state index in [1.165, 1.54) is 51.0 Å². The third-order valence-electron chi connectivity index (χ3n) is 5.22. The highest BCUT2D eigenvalue weighted by molar-refractivity contribution is 5.27. The van der Waals surface area contributed by atoms with Gasteiger partial charge in [-0.3, -0.25) is 9.80 Å². The van der Waals surface area contributed by atoms with Crippen molar-refractivity contribution in [1.29, 1.82) is 0 Å². The number of hydrogen-bond acceptors (Lipinski definition) is 3. The summed E-state index contributed by atoms with van der Waals surface area (Å²) >= 11 is 0. The second-order valence-corrected chi connectivity index (χ2v) is 6.45. The topological polar surface area (TPSA) is 15.7 Å². The second kappa shape index (κ2) is 6.80. The number of ether oxygens (including phenoxy) is 1. The molecule has 0 amide bonds. The van der Waals surface area contributed by atoms with Crippen molar-refractivity contribution >= 4 is 0 Å². The number of methoxy groups -OCH3 is 1. The van der Waals surface area contributed by atoms with Gasteiger partial charge in [-0.05, 0) is 49.9 Å². The molecule has 0 bridgehead atoms. The van der Waals surface area contributed by atoms with Crippen LogP contribution in [0.3, 0.4) is 0 Å². The first-order chi connectivity index (χ1) is 10.3. The lowest BCUT2D eigenvalue weighted by atomic mass is 10.0.